The molecule has 0 unspecified atom stereocenters. The number of hydrogen-bond acceptors (Lipinski definition) is 2. The van der Waals surface area contributed by atoms with Gasteiger partial charge in [0.1, 0.15) is 0 Å². The molecule has 22 heavy (non-hydrogen) atoms. The van der Waals surface area contributed by atoms with Crippen LogP contribution in [0.5, 0.6) is 0 Å². The molecule has 1 N–H and O–H groups in total. The summed E-state index contributed by atoms with van der Waals surface area (Å²) in [5, 5.41) is 9.00. The van der Waals surface area contributed by atoms with E-state index in [-0.39, 0.29) is 17.2 Å². The minimum atomic E-state index is -0.743. The predicted octanol–water partition coefficient (Wildman–Crippen LogP) is 3.39. The Balaban J connectivity index is 1.99. The van der Waals surface area contributed by atoms with Crippen LogP contribution >= 0.6 is 0 Å². The van der Waals surface area contributed by atoms with Gasteiger partial charge in [0, 0.05) is 19.2 Å². The van der Waals surface area contributed by atoms with E-state index >= 15 is 0 Å². The highest BCUT2D eigenvalue weighted by Gasteiger charge is 2.28. The summed E-state index contributed by atoms with van der Waals surface area (Å²) >= 11 is 0. The standard InChI is InChI=1S/C18H27NO3/c1-13-5-4-10-18(2,3)15(13)6-7-16(20)19-11-8-14(9-12-19)17(21)22/h6-7,14H,4-5,8-12H2,1-3H3,(H,21,22)/b7-6+. The van der Waals surface area contributed by atoms with Crippen molar-refractivity contribution in [1.82, 2.24) is 4.90 Å². The molecule has 122 valence electrons. The number of piperidine rings is 1. The van der Waals surface area contributed by atoms with Gasteiger partial charge in [0.05, 0.1) is 5.92 Å². The van der Waals surface area contributed by atoms with Crippen LogP contribution < -0.4 is 0 Å². The number of likely N-dealkylation sites (tertiary alicyclic amines) is 1. The minimum absolute atomic E-state index is 0.00510. The van der Waals surface area contributed by atoms with Crippen LogP contribution in [-0.2, 0) is 9.59 Å². The van der Waals surface area contributed by atoms with E-state index in [0.29, 0.717) is 25.9 Å². The first-order valence-electron chi connectivity index (χ1n) is 8.21. The fourth-order valence-corrected chi connectivity index (χ4v) is 3.62. The first-order valence-corrected chi connectivity index (χ1v) is 8.21. The molecule has 4 nitrogen and oxygen atoms in total. The molecule has 0 saturated carbocycles. The molecular formula is C18H27NO3. The monoisotopic (exact) mass is 305 g/mol. The normalized spacial score (nSPS) is 23.1. The van der Waals surface area contributed by atoms with Crippen LogP contribution in [0.15, 0.2) is 23.3 Å². The van der Waals surface area contributed by atoms with Gasteiger partial charge < -0.3 is 10.0 Å². The SMILES string of the molecule is CC1=C(/C=C/C(=O)N2CCC(C(=O)O)CC2)C(C)(C)CCC1. The van der Waals surface area contributed by atoms with Crippen LogP contribution in [-0.4, -0.2) is 35.0 Å². The minimum Gasteiger partial charge on any atom is -0.481 e. The molecule has 4 heteroatoms. The van der Waals surface area contributed by atoms with Crippen LogP contribution in [0.2, 0.25) is 0 Å². The fourth-order valence-electron chi connectivity index (χ4n) is 3.62. The van der Waals surface area contributed by atoms with Crippen LogP contribution in [0.25, 0.3) is 0 Å². The van der Waals surface area contributed by atoms with Crippen molar-refractivity contribution in [1.29, 1.82) is 0 Å². The van der Waals surface area contributed by atoms with E-state index in [2.05, 4.69) is 20.8 Å². The number of nitrogens with zero attached hydrogens (tertiary/aromatic N) is 1. The Kier molecular flexibility index (Phi) is 5.09. The summed E-state index contributed by atoms with van der Waals surface area (Å²) < 4.78 is 0. The van der Waals surface area contributed by atoms with E-state index in [0.717, 1.165) is 12.8 Å². The van der Waals surface area contributed by atoms with Gasteiger partial charge in [-0.05, 0) is 50.0 Å². The van der Waals surface area contributed by atoms with Gasteiger partial charge in [-0.2, -0.15) is 0 Å². The summed E-state index contributed by atoms with van der Waals surface area (Å²) in [4.78, 5) is 25.0. The summed E-state index contributed by atoms with van der Waals surface area (Å²) in [7, 11) is 0. The third-order valence-electron chi connectivity index (χ3n) is 5.09. The second-order valence-corrected chi connectivity index (χ2v) is 7.20. The van der Waals surface area contributed by atoms with E-state index in [1.165, 1.54) is 17.6 Å². The van der Waals surface area contributed by atoms with Crippen LogP contribution in [0, 0.1) is 11.3 Å². The van der Waals surface area contributed by atoms with Crippen molar-refractivity contribution in [2.45, 2.75) is 52.9 Å². The lowest BCUT2D eigenvalue weighted by Crippen LogP contribution is -2.39. The molecule has 1 aliphatic heterocycles. The van der Waals surface area contributed by atoms with E-state index in [1.54, 1.807) is 11.0 Å². The number of rotatable bonds is 3. The molecule has 1 saturated heterocycles. The summed E-state index contributed by atoms with van der Waals surface area (Å²) in [6, 6.07) is 0. The Morgan fingerprint density at radius 1 is 1.27 bits per heavy atom. The van der Waals surface area contributed by atoms with Gasteiger partial charge in [0.15, 0.2) is 0 Å². The molecule has 0 aromatic rings. The van der Waals surface area contributed by atoms with Gasteiger partial charge in [-0.15, -0.1) is 0 Å². The molecule has 1 aliphatic carbocycles. The molecule has 0 radical (unpaired) electrons. The highest BCUT2D eigenvalue weighted by Crippen LogP contribution is 2.40. The van der Waals surface area contributed by atoms with Gasteiger partial charge in [0.2, 0.25) is 5.91 Å². The quantitative estimate of drug-likeness (QED) is 0.813. The highest BCUT2D eigenvalue weighted by molar-refractivity contribution is 5.88. The summed E-state index contributed by atoms with van der Waals surface area (Å²) in [6.07, 6.45) is 8.26. The Bertz CT molecular complexity index is 508. The van der Waals surface area contributed by atoms with Crippen molar-refractivity contribution in [3.8, 4) is 0 Å². The molecule has 2 rings (SSSR count). The van der Waals surface area contributed by atoms with Crippen molar-refractivity contribution in [3.05, 3.63) is 23.3 Å². The third-order valence-corrected chi connectivity index (χ3v) is 5.09. The zero-order valence-electron chi connectivity index (χ0n) is 13.9. The van der Waals surface area contributed by atoms with Gasteiger partial charge in [-0.25, -0.2) is 0 Å². The molecule has 1 heterocycles. The lowest BCUT2D eigenvalue weighted by atomic mass is 9.72. The van der Waals surface area contributed by atoms with Crippen LogP contribution in [0.4, 0.5) is 0 Å². The second kappa shape index (κ2) is 6.67. The number of allylic oxidation sites excluding steroid dienone is 3. The zero-order valence-corrected chi connectivity index (χ0v) is 13.9. The van der Waals surface area contributed by atoms with E-state index in [1.807, 2.05) is 6.08 Å². The number of carboxylic acid groups (broad SMARTS) is 1. The number of carbonyl (C=O) groups is 2. The van der Waals surface area contributed by atoms with Crippen LogP contribution in [0.3, 0.4) is 0 Å². The molecule has 1 fully saturated rings. The Morgan fingerprint density at radius 3 is 2.45 bits per heavy atom. The first kappa shape index (κ1) is 16.8. The lowest BCUT2D eigenvalue weighted by molar-refractivity contribution is -0.144. The number of carboxylic acids is 1. The molecule has 2 aliphatic rings. The average molecular weight is 305 g/mol. The molecule has 0 bridgehead atoms. The van der Waals surface area contributed by atoms with E-state index in [9.17, 15) is 9.59 Å². The zero-order chi connectivity index (χ0) is 16.3. The first-order chi connectivity index (χ1) is 10.3. The van der Waals surface area contributed by atoms with Gasteiger partial charge >= 0.3 is 5.97 Å². The van der Waals surface area contributed by atoms with Crippen molar-refractivity contribution < 1.29 is 14.7 Å². The molecular weight excluding hydrogens is 278 g/mol. The van der Waals surface area contributed by atoms with Crippen LogP contribution in [0.1, 0.15) is 52.9 Å². The topological polar surface area (TPSA) is 57.6 Å². The predicted molar refractivity (Wildman–Crippen MR) is 86.4 cm³/mol. The number of aliphatic carboxylic acids is 1. The van der Waals surface area contributed by atoms with Crippen molar-refractivity contribution in [2.75, 3.05) is 13.1 Å². The van der Waals surface area contributed by atoms with E-state index < -0.39 is 5.97 Å². The lowest BCUT2D eigenvalue weighted by Gasteiger charge is -2.33. The summed E-state index contributed by atoms with van der Waals surface area (Å²) in [5.41, 5.74) is 2.80. The van der Waals surface area contributed by atoms with Crippen molar-refractivity contribution >= 4 is 11.9 Å². The van der Waals surface area contributed by atoms with Crippen molar-refractivity contribution in [2.24, 2.45) is 11.3 Å². The molecule has 0 aromatic carbocycles. The summed E-state index contributed by atoms with van der Waals surface area (Å²) in [6.45, 7) is 7.71. The fraction of sp³-hybridized carbons (Fsp3) is 0.667. The molecule has 0 spiro atoms. The van der Waals surface area contributed by atoms with Gasteiger partial charge in [-0.3, -0.25) is 9.59 Å². The molecule has 1 amide bonds. The molecule has 0 atom stereocenters. The molecule has 0 aromatic heterocycles. The van der Waals surface area contributed by atoms with Gasteiger partial charge in [0.25, 0.3) is 0 Å². The Morgan fingerprint density at radius 2 is 1.91 bits per heavy atom. The van der Waals surface area contributed by atoms with Crippen molar-refractivity contribution in [3.63, 3.8) is 0 Å². The van der Waals surface area contributed by atoms with Gasteiger partial charge in [-0.1, -0.05) is 25.5 Å². The Labute approximate surface area is 132 Å². The average Bonchev–Trinajstić information content (AvgIpc) is 2.46. The smallest absolute Gasteiger partial charge is 0.306 e. The summed E-state index contributed by atoms with van der Waals surface area (Å²) in [5.74, 6) is -1.03. The second-order valence-electron chi connectivity index (χ2n) is 7.20. The largest absolute Gasteiger partial charge is 0.481 e. The number of carbonyl (C=O) groups excluding carboxylic acids is 1. The maximum absolute atomic E-state index is 12.3. The maximum Gasteiger partial charge on any atom is 0.306 e. The van der Waals surface area contributed by atoms with E-state index in [4.69, 9.17) is 5.11 Å². The Hall–Kier alpha value is -1.58. The third kappa shape index (κ3) is 3.79. The maximum atomic E-state index is 12.3. The highest BCUT2D eigenvalue weighted by atomic mass is 16.4. The number of hydrogen-bond donors (Lipinski definition) is 1. The number of amides is 1.